The Morgan fingerprint density at radius 3 is 2.50 bits per heavy atom. The molecule has 0 bridgehead atoms. The number of aryl methyl sites for hydroxylation is 2. The summed E-state index contributed by atoms with van der Waals surface area (Å²) in [7, 11) is 0. The number of piperidine rings is 1. The zero-order chi connectivity index (χ0) is 23.4. The summed E-state index contributed by atoms with van der Waals surface area (Å²) in [4.78, 5) is 14.0. The van der Waals surface area contributed by atoms with Crippen LogP contribution < -0.4 is 4.90 Å². The van der Waals surface area contributed by atoms with Crippen LogP contribution in [0.3, 0.4) is 0 Å². The van der Waals surface area contributed by atoms with Crippen molar-refractivity contribution >= 4 is 16.7 Å². The van der Waals surface area contributed by atoms with Crippen molar-refractivity contribution in [1.82, 2.24) is 24.6 Å². The van der Waals surface area contributed by atoms with Crippen molar-refractivity contribution in [3.05, 3.63) is 41.3 Å². The maximum absolute atomic E-state index is 10.2. The molecule has 3 aromatic rings. The molecule has 1 unspecified atom stereocenters. The smallest absolute Gasteiger partial charge is 0.159 e. The van der Waals surface area contributed by atoms with Crippen molar-refractivity contribution in [2.24, 2.45) is 0 Å². The molecule has 0 amide bonds. The van der Waals surface area contributed by atoms with Gasteiger partial charge in [0.1, 0.15) is 11.6 Å². The van der Waals surface area contributed by atoms with Gasteiger partial charge in [0, 0.05) is 37.2 Å². The molecule has 1 atom stereocenters. The second-order valence-electron chi connectivity index (χ2n) is 10.6. The number of fused-ring (bicyclic) bond motifs is 1. The Hall–Kier alpha value is -2.55. The van der Waals surface area contributed by atoms with Gasteiger partial charge < -0.3 is 14.7 Å². The van der Waals surface area contributed by atoms with Gasteiger partial charge in [0.15, 0.2) is 5.82 Å². The summed E-state index contributed by atoms with van der Waals surface area (Å²) in [5.74, 6) is 2.89. The van der Waals surface area contributed by atoms with Crippen LogP contribution in [0.5, 0.6) is 0 Å². The zero-order valence-electron chi connectivity index (χ0n) is 20.4. The maximum Gasteiger partial charge on any atom is 0.159 e. The van der Waals surface area contributed by atoms with Gasteiger partial charge >= 0.3 is 0 Å². The van der Waals surface area contributed by atoms with Gasteiger partial charge in [-0.2, -0.15) is 5.10 Å². The third-order valence-corrected chi connectivity index (χ3v) is 7.76. The fourth-order valence-electron chi connectivity index (χ4n) is 5.96. The highest BCUT2D eigenvalue weighted by Crippen LogP contribution is 2.35. The van der Waals surface area contributed by atoms with Gasteiger partial charge in [0.05, 0.1) is 23.9 Å². The first-order chi connectivity index (χ1) is 16.4. The van der Waals surface area contributed by atoms with Crippen molar-refractivity contribution in [1.29, 1.82) is 0 Å². The molecular formula is C26H34N6O2. The summed E-state index contributed by atoms with van der Waals surface area (Å²) in [6, 6.07) is 7.20. The van der Waals surface area contributed by atoms with E-state index in [9.17, 15) is 5.11 Å². The minimum absolute atomic E-state index is 0.567. The van der Waals surface area contributed by atoms with E-state index >= 15 is 0 Å². The maximum atomic E-state index is 10.2. The summed E-state index contributed by atoms with van der Waals surface area (Å²) < 4.78 is 7.55. The van der Waals surface area contributed by atoms with E-state index < -0.39 is 5.60 Å². The number of likely N-dealkylation sites (tertiary alicyclic amines) is 1. The molecule has 0 spiro atoms. The highest BCUT2D eigenvalue weighted by molar-refractivity contribution is 5.82. The first-order valence-corrected chi connectivity index (χ1v) is 12.5. The molecule has 5 heterocycles. The molecule has 6 rings (SSSR count). The summed E-state index contributed by atoms with van der Waals surface area (Å²) in [6.07, 6.45) is 5.47. The lowest BCUT2D eigenvalue weighted by Gasteiger charge is -2.45. The Bertz CT molecular complexity index is 1200. The largest absolute Gasteiger partial charge is 0.386 e. The Kier molecular flexibility index (Phi) is 5.35. The minimum Gasteiger partial charge on any atom is -0.386 e. The number of benzene rings is 1. The fraction of sp³-hybridized carbons (Fsp3) is 0.577. The van der Waals surface area contributed by atoms with E-state index in [1.54, 1.807) is 0 Å². The van der Waals surface area contributed by atoms with Gasteiger partial charge in [-0.25, -0.2) is 14.6 Å². The summed E-state index contributed by atoms with van der Waals surface area (Å²) in [6.45, 7) is 11.2. The molecule has 3 aliphatic rings. The Balaban J connectivity index is 1.29. The van der Waals surface area contributed by atoms with E-state index in [1.807, 2.05) is 30.8 Å². The van der Waals surface area contributed by atoms with Crippen LogP contribution in [0.25, 0.3) is 16.7 Å². The van der Waals surface area contributed by atoms with E-state index in [2.05, 4.69) is 33.8 Å². The second kappa shape index (κ2) is 8.29. The molecular weight excluding hydrogens is 428 g/mol. The van der Waals surface area contributed by atoms with Crippen LogP contribution in [0.15, 0.2) is 24.4 Å². The van der Waals surface area contributed by atoms with E-state index in [-0.39, 0.29) is 0 Å². The third kappa shape index (κ3) is 3.97. The first-order valence-electron chi connectivity index (χ1n) is 12.5. The molecule has 1 aromatic carbocycles. The molecule has 8 nitrogen and oxygen atoms in total. The molecule has 180 valence electrons. The minimum atomic E-state index is -0.649. The monoisotopic (exact) mass is 462 g/mol. The number of hydrogen-bond donors (Lipinski definition) is 1. The van der Waals surface area contributed by atoms with Crippen molar-refractivity contribution < 1.29 is 9.84 Å². The molecule has 8 heteroatoms. The van der Waals surface area contributed by atoms with Crippen LogP contribution in [-0.2, 0) is 4.74 Å². The van der Waals surface area contributed by atoms with Crippen LogP contribution in [-0.4, -0.2) is 80.8 Å². The van der Waals surface area contributed by atoms with E-state index in [4.69, 9.17) is 14.8 Å². The zero-order valence-corrected chi connectivity index (χ0v) is 20.4. The number of hydrogen-bond acceptors (Lipinski definition) is 7. The highest BCUT2D eigenvalue weighted by atomic mass is 16.5. The van der Waals surface area contributed by atoms with Gasteiger partial charge in [0.25, 0.3) is 0 Å². The number of β-amino-alcohol motifs (C(OH)–C–C–N with tert-alkyl or cyclic N) is 1. The number of nitrogens with zero attached hydrogens (tertiary/aromatic N) is 6. The average Bonchev–Trinajstić information content (AvgIpc) is 3.47. The van der Waals surface area contributed by atoms with Gasteiger partial charge in [-0.05, 0) is 82.3 Å². The van der Waals surface area contributed by atoms with E-state index in [0.717, 1.165) is 48.8 Å². The SMILES string of the molecule is Cc1nc(N2CC(C)(O)C2)cc(-n2ncc3cc(C)c(C4CCN(C5CCOC5)CC4)cc32)n1. The lowest BCUT2D eigenvalue weighted by atomic mass is 9.86. The first kappa shape index (κ1) is 21.9. The molecule has 3 aliphatic heterocycles. The molecule has 3 fully saturated rings. The standard InChI is InChI=1S/C26H34N6O2/c1-17-10-20-13-27-32(25-12-24(28-18(2)29-25)31-15-26(3,33)16-31)23(20)11-22(17)19-4-7-30(8-5-19)21-6-9-34-14-21/h10-13,19,21,33H,4-9,14-16H2,1-3H3. The van der Waals surface area contributed by atoms with Crippen LogP contribution in [0.4, 0.5) is 5.82 Å². The van der Waals surface area contributed by atoms with E-state index in [1.165, 1.54) is 30.4 Å². The molecule has 0 radical (unpaired) electrons. The molecule has 0 saturated carbocycles. The Morgan fingerprint density at radius 1 is 1.03 bits per heavy atom. The van der Waals surface area contributed by atoms with Gasteiger partial charge in [-0.15, -0.1) is 0 Å². The van der Waals surface area contributed by atoms with Crippen molar-refractivity contribution in [2.75, 3.05) is 44.3 Å². The molecule has 1 N–H and O–H groups in total. The molecule has 2 aromatic heterocycles. The molecule has 0 aliphatic carbocycles. The number of aliphatic hydroxyl groups is 1. The predicted molar refractivity (Wildman–Crippen MR) is 132 cm³/mol. The lowest BCUT2D eigenvalue weighted by Crippen LogP contribution is -2.60. The number of anilines is 1. The van der Waals surface area contributed by atoms with Crippen molar-refractivity contribution in [3.8, 4) is 5.82 Å². The highest BCUT2D eigenvalue weighted by Gasteiger charge is 2.37. The van der Waals surface area contributed by atoms with Crippen LogP contribution in [0.1, 0.15) is 49.1 Å². The second-order valence-corrected chi connectivity index (χ2v) is 10.6. The summed E-state index contributed by atoms with van der Waals surface area (Å²) in [5.41, 5.74) is 3.22. The van der Waals surface area contributed by atoms with Crippen molar-refractivity contribution in [3.63, 3.8) is 0 Å². The summed E-state index contributed by atoms with van der Waals surface area (Å²) in [5, 5.41) is 16.0. The van der Waals surface area contributed by atoms with Crippen molar-refractivity contribution in [2.45, 2.75) is 57.6 Å². The van der Waals surface area contributed by atoms with E-state index in [0.29, 0.717) is 30.9 Å². The Morgan fingerprint density at radius 2 is 1.79 bits per heavy atom. The Labute approximate surface area is 200 Å². The molecule has 34 heavy (non-hydrogen) atoms. The van der Waals surface area contributed by atoms with Gasteiger partial charge in [-0.1, -0.05) is 0 Å². The van der Waals surface area contributed by atoms with Crippen LogP contribution in [0.2, 0.25) is 0 Å². The third-order valence-electron chi connectivity index (χ3n) is 7.76. The van der Waals surface area contributed by atoms with Crippen LogP contribution >= 0.6 is 0 Å². The summed E-state index contributed by atoms with van der Waals surface area (Å²) >= 11 is 0. The normalized spacial score (nSPS) is 23.5. The van der Waals surface area contributed by atoms with Gasteiger partial charge in [0.2, 0.25) is 0 Å². The molecule has 3 saturated heterocycles. The number of aromatic nitrogens is 4. The predicted octanol–water partition coefficient (Wildman–Crippen LogP) is 2.97. The van der Waals surface area contributed by atoms with Gasteiger partial charge in [-0.3, -0.25) is 4.90 Å². The average molecular weight is 463 g/mol. The number of rotatable bonds is 4. The quantitative estimate of drug-likeness (QED) is 0.639. The topological polar surface area (TPSA) is 79.5 Å². The number of ether oxygens (including phenoxy) is 1. The fourth-order valence-corrected chi connectivity index (χ4v) is 5.96. The van der Waals surface area contributed by atoms with Crippen LogP contribution in [0, 0.1) is 13.8 Å². The lowest BCUT2D eigenvalue weighted by molar-refractivity contribution is 0.0305.